The fraction of sp³-hybridized carbons (Fsp3) is 0.643. The first-order valence-corrected chi connectivity index (χ1v) is 13.2. The van der Waals surface area contributed by atoms with E-state index >= 15 is 0 Å². The zero-order valence-corrected chi connectivity index (χ0v) is 23.3. The highest BCUT2D eigenvalue weighted by Gasteiger charge is 2.44. The number of nitrogens with one attached hydrogen (secondary N) is 2. The average molecular weight is 517 g/mol. The minimum absolute atomic E-state index is 0.00405. The third kappa shape index (κ3) is 9.37. The van der Waals surface area contributed by atoms with Crippen LogP contribution in [0, 0.1) is 13.8 Å². The second-order valence-electron chi connectivity index (χ2n) is 11.1. The lowest BCUT2D eigenvalue weighted by Crippen LogP contribution is -2.54. The van der Waals surface area contributed by atoms with Crippen LogP contribution >= 0.6 is 0 Å². The molecule has 1 saturated carbocycles. The second-order valence-corrected chi connectivity index (χ2v) is 11.1. The lowest BCUT2D eigenvalue weighted by molar-refractivity contribution is -0.143. The summed E-state index contributed by atoms with van der Waals surface area (Å²) in [5.74, 6) is -1.28. The van der Waals surface area contributed by atoms with Gasteiger partial charge in [-0.15, -0.1) is 0 Å². The molecule has 9 heteroatoms. The third-order valence-corrected chi connectivity index (χ3v) is 6.22. The first kappa shape index (κ1) is 30.1. The molecular weight excluding hydrogens is 472 g/mol. The minimum atomic E-state index is -1.07. The molecule has 1 fully saturated rings. The number of primary amides is 1. The van der Waals surface area contributed by atoms with Crippen molar-refractivity contribution in [2.24, 2.45) is 5.73 Å². The highest BCUT2D eigenvalue weighted by Crippen LogP contribution is 2.37. The van der Waals surface area contributed by atoms with Crippen molar-refractivity contribution < 1.29 is 23.9 Å². The van der Waals surface area contributed by atoms with Crippen molar-refractivity contribution in [3.63, 3.8) is 0 Å². The predicted octanol–water partition coefficient (Wildman–Crippen LogP) is 3.80. The second kappa shape index (κ2) is 12.9. The SMILES string of the molecule is CCCC(C)NC(=O)C(c1ccc(C)cc1C)N(C(=O)C(CCC(N)=O)NC(=O)OC(C)(C)C)C1CC1. The Morgan fingerprint density at radius 1 is 1.11 bits per heavy atom. The van der Waals surface area contributed by atoms with E-state index in [1.54, 1.807) is 25.7 Å². The summed E-state index contributed by atoms with van der Waals surface area (Å²) < 4.78 is 5.37. The molecule has 0 aliphatic heterocycles. The molecule has 0 saturated heterocycles. The Balaban J connectivity index is 2.49. The molecule has 206 valence electrons. The van der Waals surface area contributed by atoms with Crippen LogP contribution in [0.4, 0.5) is 4.79 Å². The van der Waals surface area contributed by atoms with Gasteiger partial charge in [-0.05, 0) is 78.4 Å². The zero-order valence-electron chi connectivity index (χ0n) is 23.3. The van der Waals surface area contributed by atoms with Gasteiger partial charge in [0.25, 0.3) is 0 Å². The van der Waals surface area contributed by atoms with Crippen molar-refractivity contribution in [1.82, 2.24) is 15.5 Å². The Bertz CT molecular complexity index is 983. The molecule has 3 unspecified atom stereocenters. The number of alkyl carbamates (subject to hydrolysis) is 1. The van der Waals surface area contributed by atoms with Crippen LogP contribution < -0.4 is 16.4 Å². The molecule has 37 heavy (non-hydrogen) atoms. The number of carbonyl (C=O) groups excluding carboxylic acids is 4. The monoisotopic (exact) mass is 516 g/mol. The first-order valence-electron chi connectivity index (χ1n) is 13.2. The zero-order chi connectivity index (χ0) is 27.9. The van der Waals surface area contributed by atoms with Gasteiger partial charge in [-0.1, -0.05) is 37.1 Å². The molecule has 0 spiro atoms. The molecule has 0 heterocycles. The van der Waals surface area contributed by atoms with E-state index in [0.717, 1.165) is 42.4 Å². The fourth-order valence-electron chi connectivity index (χ4n) is 4.42. The van der Waals surface area contributed by atoms with Gasteiger partial charge < -0.3 is 26.0 Å². The maximum atomic E-state index is 14.1. The summed E-state index contributed by atoms with van der Waals surface area (Å²) in [6.45, 7) is 13.1. The maximum absolute atomic E-state index is 14.1. The topological polar surface area (TPSA) is 131 Å². The molecule has 3 atom stereocenters. The van der Waals surface area contributed by atoms with E-state index in [1.165, 1.54) is 0 Å². The number of ether oxygens (including phenoxy) is 1. The number of hydrogen-bond donors (Lipinski definition) is 3. The van der Waals surface area contributed by atoms with Gasteiger partial charge in [-0.3, -0.25) is 14.4 Å². The molecule has 1 aromatic rings. The molecule has 4 amide bonds. The molecule has 4 N–H and O–H groups in total. The van der Waals surface area contributed by atoms with E-state index in [4.69, 9.17) is 10.5 Å². The fourth-order valence-corrected chi connectivity index (χ4v) is 4.42. The van der Waals surface area contributed by atoms with Gasteiger partial charge in [0.05, 0.1) is 0 Å². The number of benzene rings is 1. The standard InChI is InChI=1S/C28H44N4O5/c1-8-9-19(4)30-25(34)24(21-13-10-17(2)16-18(21)3)32(20-11-12-20)26(35)22(14-15-23(29)33)31-27(36)37-28(5,6)7/h10,13,16,19-20,22,24H,8-9,11-12,14-15H2,1-7H3,(H2,29,33)(H,30,34)(H,31,36). The summed E-state index contributed by atoms with van der Waals surface area (Å²) in [4.78, 5) is 53.6. The van der Waals surface area contributed by atoms with Gasteiger partial charge in [0.2, 0.25) is 17.7 Å². The van der Waals surface area contributed by atoms with Crippen molar-refractivity contribution in [2.45, 2.75) is 117 Å². The number of carbonyl (C=O) groups is 4. The number of aryl methyl sites for hydroxylation is 2. The molecular formula is C28H44N4O5. The number of rotatable bonds is 12. The van der Waals surface area contributed by atoms with Crippen LogP contribution in [0.3, 0.4) is 0 Å². The van der Waals surface area contributed by atoms with E-state index in [1.807, 2.05) is 39.0 Å². The molecule has 9 nitrogen and oxygen atoms in total. The lowest BCUT2D eigenvalue weighted by Gasteiger charge is -2.36. The Hall–Kier alpha value is -3.10. The summed E-state index contributed by atoms with van der Waals surface area (Å²) >= 11 is 0. The van der Waals surface area contributed by atoms with Gasteiger partial charge in [-0.2, -0.15) is 0 Å². The highest BCUT2D eigenvalue weighted by molar-refractivity contribution is 5.93. The normalized spacial score (nSPS) is 15.8. The number of nitrogens with zero attached hydrogens (tertiary/aromatic N) is 1. The van der Waals surface area contributed by atoms with Crippen molar-refractivity contribution in [3.8, 4) is 0 Å². The molecule has 1 aliphatic rings. The van der Waals surface area contributed by atoms with Crippen LogP contribution in [0.5, 0.6) is 0 Å². The molecule has 1 aromatic carbocycles. The summed E-state index contributed by atoms with van der Waals surface area (Å²) in [5, 5.41) is 5.71. The summed E-state index contributed by atoms with van der Waals surface area (Å²) in [6, 6.07) is 3.64. The van der Waals surface area contributed by atoms with Gasteiger partial charge >= 0.3 is 6.09 Å². The van der Waals surface area contributed by atoms with E-state index in [9.17, 15) is 19.2 Å². The van der Waals surface area contributed by atoms with E-state index in [-0.39, 0.29) is 30.8 Å². The number of amides is 4. The molecule has 0 radical (unpaired) electrons. The van der Waals surface area contributed by atoms with Crippen molar-refractivity contribution >= 4 is 23.8 Å². The quantitative estimate of drug-likeness (QED) is 0.389. The lowest BCUT2D eigenvalue weighted by atomic mass is 9.95. The minimum Gasteiger partial charge on any atom is -0.444 e. The van der Waals surface area contributed by atoms with Crippen molar-refractivity contribution in [1.29, 1.82) is 0 Å². The van der Waals surface area contributed by atoms with Crippen LogP contribution in [0.25, 0.3) is 0 Å². The Morgan fingerprint density at radius 3 is 2.27 bits per heavy atom. The Morgan fingerprint density at radius 2 is 1.76 bits per heavy atom. The number of hydrogen-bond acceptors (Lipinski definition) is 5. The van der Waals surface area contributed by atoms with Crippen LogP contribution in [0.1, 0.15) is 95.9 Å². The maximum Gasteiger partial charge on any atom is 0.408 e. The van der Waals surface area contributed by atoms with E-state index in [0.29, 0.717) is 0 Å². The van der Waals surface area contributed by atoms with Crippen LogP contribution in [-0.2, 0) is 19.1 Å². The Kier molecular flexibility index (Phi) is 10.5. The largest absolute Gasteiger partial charge is 0.444 e. The van der Waals surface area contributed by atoms with Gasteiger partial charge in [0, 0.05) is 18.5 Å². The Labute approximate surface area is 220 Å². The van der Waals surface area contributed by atoms with Gasteiger partial charge in [0.15, 0.2) is 0 Å². The molecule has 2 rings (SSSR count). The van der Waals surface area contributed by atoms with E-state index in [2.05, 4.69) is 17.6 Å². The van der Waals surface area contributed by atoms with E-state index < -0.39 is 35.6 Å². The summed E-state index contributed by atoms with van der Waals surface area (Å²) in [5.41, 5.74) is 7.28. The van der Waals surface area contributed by atoms with Crippen LogP contribution in [-0.4, -0.2) is 52.4 Å². The number of nitrogens with two attached hydrogens (primary N) is 1. The highest BCUT2D eigenvalue weighted by atomic mass is 16.6. The van der Waals surface area contributed by atoms with Crippen LogP contribution in [0.15, 0.2) is 18.2 Å². The average Bonchev–Trinajstić information content (AvgIpc) is 3.58. The molecule has 0 bridgehead atoms. The first-order chi connectivity index (χ1) is 17.2. The molecule has 0 aromatic heterocycles. The summed E-state index contributed by atoms with van der Waals surface area (Å²) in [7, 11) is 0. The van der Waals surface area contributed by atoms with Gasteiger partial charge in [-0.25, -0.2) is 4.79 Å². The van der Waals surface area contributed by atoms with Crippen molar-refractivity contribution in [2.75, 3.05) is 0 Å². The third-order valence-electron chi connectivity index (χ3n) is 6.22. The summed E-state index contributed by atoms with van der Waals surface area (Å²) in [6.07, 6.45) is 2.36. The van der Waals surface area contributed by atoms with Crippen LogP contribution in [0.2, 0.25) is 0 Å². The molecule has 1 aliphatic carbocycles. The van der Waals surface area contributed by atoms with Gasteiger partial charge in [0.1, 0.15) is 17.7 Å². The smallest absolute Gasteiger partial charge is 0.408 e. The van der Waals surface area contributed by atoms with Crippen molar-refractivity contribution in [3.05, 3.63) is 34.9 Å². The predicted molar refractivity (Wildman–Crippen MR) is 143 cm³/mol.